The fraction of sp³-hybridized carbons (Fsp3) is 0.333. The second-order valence-corrected chi connectivity index (χ2v) is 5.81. The number of Topliss-reactive ketones (excluding diaryl/α,β-unsaturated/α-hetero) is 2. The summed E-state index contributed by atoms with van der Waals surface area (Å²) in [6, 6.07) is 8.66. The molecule has 5 heteroatoms. The van der Waals surface area contributed by atoms with Gasteiger partial charge < -0.3 is 5.32 Å². The van der Waals surface area contributed by atoms with Crippen molar-refractivity contribution in [2.75, 3.05) is 5.32 Å². The van der Waals surface area contributed by atoms with Gasteiger partial charge in [0.1, 0.15) is 5.78 Å². The molecular formula is C18H19N3O2. The smallest absolute Gasteiger partial charge is 0.222 e. The molecule has 1 heterocycles. The first-order chi connectivity index (χ1) is 11.2. The monoisotopic (exact) mass is 309 g/mol. The van der Waals surface area contributed by atoms with E-state index in [1.165, 1.54) is 23.5 Å². The van der Waals surface area contributed by atoms with Crippen LogP contribution in [0, 0.1) is 0 Å². The van der Waals surface area contributed by atoms with Gasteiger partial charge in [0.05, 0.1) is 12.0 Å². The van der Waals surface area contributed by atoms with Crippen LogP contribution in [-0.4, -0.2) is 27.6 Å². The van der Waals surface area contributed by atoms with E-state index in [2.05, 4.69) is 39.6 Å². The van der Waals surface area contributed by atoms with Crippen LogP contribution in [0.5, 0.6) is 0 Å². The maximum Gasteiger partial charge on any atom is 0.222 e. The third-order valence-corrected chi connectivity index (χ3v) is 4.11. The molecule has 0 spiro atoms. The molecule has 0 saturated carbocycles. The minimum absolute atomic E-state index is 0.0686. The average Bonchev–Trinajstić information content (AvgIpc) is 2.97. The Morgan fingerprint density at radius 1 is 1.13 bits per heavy atom. The molecule has 0 aliphatic heterocycles. The van der Waals surface area contributed by atoms with Crippen molar-refractivity contribution in [3.05, 3.63) is 53.3 Å². The third-order valence-electron chi connectivity index (χ3n) is 4.11. The van der Waals surface area contributed by atoms with E-state index in [4.69, 9.17) is 0 Å². The number of hydrogen-bond acceptors (Lipinski definition) is 5. The lowest BCUT2D eigenvalue weighted by Crippen LogP contribution is -2.21. The minimum Gasteiger partial charge on any atom is -0.351 e. The van der Waals surface area contributed by atoms with Crippen molar-refractivity contribution >= 4 is 17.5 Å². The van der Waals surface area contributed by atoms with Crippen LogP contribution in [0.1, 0.15) is 41.3 Å². The summed E-state index contributed by atoms with van der Waals surface area (Å²) in [5, 5.41) is 3.31. The fourth-order valence-corrected chi connectivity index (χ4v) is 2.80. The number of anilines is 1. The van der Waals surface area contributed by atoms with Gasteiger partial charge in [0.25, 0.3) is 0 Å². The number of aromatic nitrogens is 2. The predicted molar refractivity (Wildman–Crippen MR) is 87.5 cm³/mol. The molecule has 1 N–H and O–H groups in total. The molecule has 0 atom stereocenters. The Morgan fingerprint density at radius 2 is 1.74 bits per heavy atom. The number of rotatable bonds is 6. The van der Waals surface area contributed by atoms with E-state index < -0.39 is 0 Å². The summed E-state index contributed by atoms with van der Waals surface area (Å²) in [4.78, 5) is 31.6. The molecule has 3 rings (SSSR count). The number of nitrogens with zero attached hydrogens (tertiary/aromatic N) is 2. The number of carbonyl (C=O) groups excluding carboxylic acids is 2. The first-order valence-electron chi connectivity index (χ1n) is 7.86. The van der Waals surface area contributed by atoms with Crippen LogP contribution in [0.2, 0.25) is 0 Å². The molecule has 1 aromatic carbocycles. The van der Waals surface area contributed by atoms with E-state index in [0.717, 1.165) is 12.8 Å². The van der Waals surface area contributed by atoms with Crippen LogP contribution in [0.3, 0.4) is 0 Å². The van der Waals surface area contributed by atoms with E-state index in [1.54, 1.807) is 6.92 Å². The van der Waals surface area contributed by atoms with E-state index >= 15 is 0 Å². The van der Waals surface area contributed by atoms with Crippen LogP contribution in [-0.2, 0) is 17.6 Å². The van der Waals surface area contributed by atoms with Gasteiger partial charge in [-0.1, -0.05) is 31.2 Å². The quantitative estimate of drug-likeness (QED) is 0.656. The van der Waals surface area contributed by atoms with Crippen molar-refractivity contribution < 1.29 is 9.59 Å². The van der Waals surface area contributed by atoms with Gasteiger partial charge in [-0.05, 0) is 24.0 Å². The zero-order valence-electron chi connectivity index (χ0n) is 13.1. The van der Waals surface area contributed by atoms with Crippen LogP contribution in [0.15, 0.2) is 36.7 Å². The first-order valence-corrected chi connectivity index (χ1v) is 7.86. The summed E-state index contributed by atoms with van der Waals surface area (Å²) in [5.41, 5.74) is 3.09. The van der Waals surface area contributed by atoms with Gasteiger partial charge in [0.2, 0.25) is 5.95 Å². The summed E-state index contributed by atoms with van der Waals surface area (Å²) in [7, 11) is 0. The number of fused-ring (bicyclic) bond motifs is 1. The summed E-state index contributed by atoms with van der Waals surface area (Å²) < 4.78 is 0. The molecule has 118 valence electrons. The molecule has 0 saturated heterocycles. The number of nitrogens with one attached hydrogen (secondary N) is 1. The van der Waals surface area contributed by atoms with Gasteiger partial charge >= 0.3 is 0 Å². The SMILES string of the molecule is CCC(=O)CC(=O)c1cnc(NC2Cc3ccccc3C2)nc1. The number of benzene rings is 1. The Labute approximate surface area is 135 Å². The molecule has 23 heavy (non-hydrogen) atoms. The lowest BCUT2D eigenvalue weighted by atomic mass is 10.1. The highest BCUT2D eigenvalue weighted by Gasteiger charge is 2.21. The van der Waals surface area contributed by atoms with Gasteiger partial charge in [-0.15, -0.1) is 0 Å². The first kappa shape index (κ1) is 15.3. The topological polar surface area (TPSA) is 72.0 Å². The van der Waals surface area contributed by atoms with Crippen LogP contribution >= 0.6 is 0 Å². The van der Waals surface area contributed by atoms with Crippen molar-refractivity contribution in [1.82, 2.24) is 9.97 Å². The highest BCUT2D eigenvalue weighted by Crippen LogP contribution is 2.23. The molecule has 0 fully saturated rings. The van der Waals surface area contributed by atoms with E-state index in [9.17, 15) is 9.59 Å². The van der Waals surface area contributed by atoms with Gasteiger partial charge in [-0.2, -0.15) is 0 Å². The van der Waals surface area contributed by atoms with Gasteiger partial charge in [0, 0.05) is 24.9 Å². The average molecular weight is 309 g/mol. The molecule has 1 aliphatic carbocycles. The molecule has 5 nitrogen and oxygen atoms in total. The molecule has 1 aliphatic rings. The van der Waals surface area contributed by atoms with E-state index in [1.807, 2.05) is 0 Å². The van der Waals surface area contributed by atoms with Crippen LogP contribution in [0.25, 0.3) is 0 Å². The zero-order chi connectivity index (χ0) is 16.2. The zero-order valence-corrected chi connectivity index (χ0v) is 13.1. The maximum absolute atomic E-state index is 11.9. The lowest BCUT2D eigenvalue weighted by molar-refractivity contribution is -0.117. The largest absolute Gasteiger partial charge is 0.351 e. The van der Waals surface area contributed by atoms with E-state index in [-0.39, 0.29) is 24.0 Å². The van der Waals surface area contributed by atoms with Gasteiger partial charge in [-0.25, -0.2) is 9.97 Å². The standard InChI is InChI=1S/C18H19N3O2/c1-2-16(22)9-17(23)14-10-19-18(20-11-14)21-15-7-12-5-3-4-6-13(12)8-15/h3-6,10-11,15H,2,7-9H2,1H3,(H,19,20,21). The third kappa shape index (κ3) is 3.62. The van der Waals surface area contributed by atoms with Gasteiger partial charge in [0.15, 0.2) is 5.78 Å². The number of carbonyl (C=O) groups is 2. The van der Waals surface area contributed by atoms with Crippen LogP contribution in [0.4, 0.5) is 5.95 Å². The Balaban J connectivity index is 1.60. The Kier molecular flexibility index (Phi) is 4.46. The molecule has 1 aromatic heterocycles. The number of hydrogen-bond donors (Lipinski definition) is 1. The Hall–Kier alpha value is -2.56. The van der Waals surface area contributed by atoms with Crippen molar-refractivity contribution in [2.45, 2.75) is 38.6 Å². The molecule has 2 aromatic rings. The van der Waals surface area contributed by atoms with Crippen molar-refractivity contribution in [3.8, 4) is 0 Å². The van der Waals surface area contributed by atoms with Crippen molar-refractivity contribution in [2.24, 2.45) is 0 Å². The van der Waals surface area contributed by atoms with Crippen molar-refractivity contribution in [3.63, 3.8) is 0 Å². The Bertz CT molecular complexity index is 700. The summed E-state index contributed by atoms with van der Waals surface area (Å²) in [6.07, 6.45) is 5.17. The molecule has 0 radical (unpaired) electrons. The summed E-state index contributed by atoms with van der Waals surface area (Å²) in [5.74, 6) is 0.221. The number of ketones is 2. The summed E-state index contributed by atoms with van der Waals surface area (Å²) >= 11 is 0. The molecule has 0 amide bonds. The summed E-state index contributed by atoms with van der Waals surface area (Å²) in [6.45, 7) is 1.75. The molecule has 0 bridgehead atoms. The van der Waals surface area contributed by atoms with Crippen LogP contribution < -0.4 is 5.32 Å². The van der Waals surface area contributed by atoms with Gasteiger partial charge in [-0.3, -0.25) is 9.59 Å². The molecular weight excluding hydrogens is 290 g/mol. The second kappa shape index (κ2) is 6.69. The molecule has 0 unspecified atom stereocenters. The minimum atomic E-state index is -0.225. The maximum atomic E-state index is 11.9. The fourth-order valence-electron chi connectivity index (χ4n) is 2.80. The predicted octanol–water partition coefficient (Wildman–Crippen LogP) is 2.61. The van der Waals surface area contributed by atoms with Crippen molar-refractivity contribution in [1.29, 1.82) is 0 Å². The highest BCUT2D eigenvalue weighted by molar-refractivity contribution is 6.07. The second-order valence-electron chi connectivity index (χ2n) is 5.81. The normalized spacial score (nSPS) is 13.6. The lowest BCUT2D eigenvalue weighted by Gasteiger charge is -2.11. The highest BCUT2D eigenvalue weighted by atomic mass is 16.1. The Morgan fingerprint density at radius 3 is 2.30 bits per heavy atom. The van der Waals surface area contributed by atoms with E-state index in [0.29, 0.717) is 17.9 Å².